The number of ether oxygens (including phenoxy) is 1. The number of carbonyl (C=O) groups is 1. The molecule has 1 saturated heterocycles. The van der Waals surface area contributed by atoms with Gasteiger partial charge in [0, 0.05) is 48.0 Å². The van der Waals surface area contributed by atoms with E-state index in [4.69, 9.17) is 9.57 Å². The van der Waals surface area contributed by atoms with Crippen LogP contribution in [0, 0.1) is 17.8 Å². The molecule has 0 aromatic heterocycles. The van der Waals surface area contributed by atoms with Gasteiger partial charge in [-0.1, -0.05) is 36.2 Å². The zero-order chi connectivity index (χ0) is 26.4. The fourth-order valence-corrected chi connectivity index (χ4v) is 6.33. The SMILES string of the molecule is COC1C(CN2C[C@H]([C@H](C)O)[C@H](CO)O2)CCCC1c1cc(Br)cc(C(=O)NC(CO)CC(C)C)c1. The molecule has 204 valence electrons. The Bertz CT molecular complexity index is 854. The van der Waals surface area contributed by atoms with Crippen LogP contribution in [-0.4, -0.2) is 84.1 Å². The van der Waals surface area contributed by atoms with Gasteiger partial charge in [0.1, 0.15) is 6.10 Å². The van der Waals surface area contributed by atoms with Gasteiger partial charge < -0.3 is 25.4 Å². The number of carbonyl (C=O) groups excluding carboxylic acids is 1. The maximum atomic E-state index is 13.0. The van der Waals surface area contributed by atoms with Crippen LogP contribution in [-0.2, 0) is 9.57 Å². The molecule has 1 aromatic rings. The molecule has 1 aromatic carbocycles. The Balaban J connectivity index is 1.75. The molecule has 1 heterocycles. The number of hydroxylamine groups is 2. The van der Waals surface area contributed by atoms with Crippen LogP contribution in [0.2, 0.25) is 0 Å². The Labute approximate surface area is 223 Å². The molecule has 2 aliphatic rings. The predicted octanol–water partition coefficient (Wildman–Crippen LogP) is 3.09. The molecule has 8 nitrogen and oxygen atoms in total. The molecular weight excluding hydrogens is 528 g/mol. The van der Waals surface area contributed by atoms with Gasteiger partial charge in [-0.3, -0.25) is 9.63 Å². The summed E-state index contributed by atoms with van der Waals surface area (Å²) in [6.45, 7) is 6.89. The van der Waals surface area contributed by atoms with Crippen LogP contribution in [0.25, 0.3) is 0 Å². The first-order chi connectivity index (χ1) is 17.2. The van der Waals surface area contributed by atoms with Crippen molar-refractivity contribution in [1.29, 1.82) is 0 Å². The first-order valence-electron chi connectivity index (χ1n) is 13.1. The normalized spacial score (nSPS) is 28.9. The van der Waals surface area contributed by atoms with Crippen molar-refractivity contribution >= 4 is 21.8 Å². The Morgan fingerprint density at radius 3 is 2.58 bits per heavy atom. The van der Waals surface area contributed by atoms with Gasteiger partial charge in [-0.05, 0) is 55.9 Å². The van der Waals surface area contributed by atoms with E-state index in [1.807, 2.05) is 17.2 Å². The molecule has 0 radical (unpaired) electrons. The molecule has 4 N–H and O–H groups in total. The van der Waals surface area contributed by atoms with Crippen molar-refractivity contribution in [2.75, 3.05) is 33.4 Å². The van der Waals surface area contributed by atoms with Gasteiger partial charge >= 0.3 is 0 Å². The summed E-state index contributed by atoms with van der Waals surface area (Å²) >= 11 is 3.59. The van der Waals surface area contributed by atoms with Gasteiger partial charge in [-0.2, -0.15) is 5.06 Å². The molecule has 0 spiro atoms. The van der Waals surface area contributed by atoms with E-state index in [9.17, 15) is 20.1 Å². The Kier molecular flexibility index (Phi) is 11.2. The number of nitrogens with zero attached hydrogens (tertiary/aromatic N) is 1. The second kappa shape index (κ2) is 13.6. The highest BCUT2D eigenvalue weighted by atomic mass is 79.9. The molecule has 0 bridgehead atoms. The summed E-state index contributed by atoms with van der Waals surface area (Å²) in [5.74, 6) is 0.376. The average molecular weight is 572 g/mol. The molecule has 1 aliphatic heterocycles. The minimum Gasteiger partial charge on any atom is -0.394 e. The van der Waals surface area contributed by atoms with Crippen LogP contribution in [0.15, 0.2) is 22.7 Å². The molecule has 1 amide bonds. The highest BCUT2D eigenvalue weighted by Gasteiger charge is 2.41. The fraction of sp³-hybridized carbons (Fsp3) is 0.741. The number of methoxy groups -OCH3 is 1. The van der Waals surface area contributed by atoms with Gasteiger partial charge in [0.2, 0.25) is 0 Å². The fourth-order valence-electron chi connectivity index (χ4n) is 5.82. The van der Waals surface area contributed by atoms with Crippen LogP contribution in [0.4, 0.5) is 0 Å². The zero-order valence-electron chi connectivity index (χ0n) is 21.9. The molecular formula is C27H43BrN2O6. The van der Waals surface area contributed by atoms with E-state index < -0.39 is 12.2 Å². The van der Waals surface area contributed by atoms with Gasteiger partial charge in [-0.15, -0.1) is 0 Å². The van der Waals surface area contributed by atoms with Crippen molar-refractivity contribution in [3.8, 4) is 0 Å². The molecule has 3 rings (SSSR count). The summed E-state index contributed by atoms with van der Waals surface area (Å²) in [7, 11) is 1.74. The quantitative estimate of drug-likeness (QED) is 0.323. The summed E-state index contributed by atoms with van der Waals surface area (Å²) in [5, 5.41) is 34.3. The number of halogens is 1. The maximum Gasteiger partial charge on any atom is 0.251 e. The third-order valence-corrected chi connectivity index (χ3v) is 8.02. The van der Waals surface area contributed by atoms with Crippen LogP contribution < -0.4 is 5.32 Å². The number of hydrogen-bond donors (Lipinski definition) is 4. The third kappa shape index (κ3) is 7.49. The maximum absolute atomic E-state index is 13.0. The molecule has 1 aliphatic carbocycles. The van der Waals surface area contributed by atoms with Gasteiger partial charge in [0.15, 0.2) is 0 Å². The van der Waals surface area contributed by atoms with Crippen molar-refractivity contribution in [3.63, 3.8) is 0 Å². The smallest absolute Gasteiger partial charge is 0.251 e. The van der Waals surface area contributed by atoms with E-state index in [2.05, 4.69) is 41.2 Å². The number of aliphatic hydroxyl groups excluding tert-OH is 3. The number of nitrogens with one attached hydrogen (secondary N) is 1. The zero-order valence-corrected chi connectivity index (χ0v) is 23.5. The van der Waals surface area contributed by atoms with Crippen LogP contribution in [0.1, 0.15) is 68.3 Å². The van der Waals surface area contributed by atoms with Crippen LogP contribution >= 0.6 is 15.9 Å². The van der Waals surface area contributed by atoms with Crippen LogP contribution in [0.3, 0.4) is 0 Å². The Morgan fingerprint density at radius 1 is 1.25 bits per heavy atom. The standard InChI is InChI=1S/C27H43BrN2O6/c1-16(2)8-22(14-31)29-27(34)20-9-19(10-21(28)11-20)23-7-5-6-18(26(23)35-4)12-30-13-24(17(3)33)25(15-32)36-30/h9-11,16-18,22-26,31-33H,5-8,12-15H2,1-4H3,(H,29,34)/t17-,18?,22?,23?,24+,25-,26?/m0/s1. The predicted molar refractivity (Wildman–Crippen MR) is 142 cm³/mol. The van der Waals surface area contributed by atoms with Gasteiger partial charge in [0.05, 0.1) is 31.5 Å². The van der Waals surface area contributed by atoms with Crippen molar-refractivity contribution in [3.05, 3.63) is 33.8 Å². The monoisotopic (exact) mass is 570 g/mol. The van der Waals surface area contributed by atoms with Crippen molar-refractivity contribution in [2.24, 2.45) is 17.8 Å². The number of hydrogen-bond acceptors (Lipinski definition) is 7. The van der Waals surface area contributed by atoms with Gasteiger partial charge in [0.25, 0.3) is 5.91 Å². The second-order valence-corrected chi connectivity index (χ2v) is 11.7. The Hall–Kier alpha value is -1.07. The van der Waals surface area contributed by atoms with E-state index in [0.717, 1.165) is 29.3 Å². The first-order valence-corrected chi connectivity index (χ1v) is 13.9. The van der Waals surface area contributed by atoms with E-state index in [1.165, 1.54) is 0 Å². The molecule has 9 heteroatoms. The van der Waals surface area contributed by atoms with Crippen molar-refractivity contribution in [1.82, 2.24) is 10.4 Å². The summed E-state index contributed by atoms with van der Waals surface area (Å²) in [5.41, 5.74) is 1.61. The molecule has 36 heavy (non-hydrogen) atoms. The van der Waals surface area contributed by atoms with Crippen molar-refractivity contribution < 1.29 is 29.7 Å². The average Bonchev–Trinajstić information content (AvgIpc) is 3.26. The molecule has 2 fully saturated rings. The number of amides is 1. The minimum absolute atomic E-state index is 0.0585. The summed E-state index contributed by atoms with van der Waals surface area (Å²) < 4.78 is 6.88. The van der Waals surface area contributed by atoms with Crippen molar-refractivity contribution in [2.45, 2.75) is 76.7 Å². The summed E-state index contributed by atoms with van der Waals surface area (Å²) in [4.78, 5) is 19.0. The first kappa shape index (κ1) is 29.5. The highest BCUT2D eigenvalue weighted by molar-refractivity contribution is 9.10. The lowest BCUT2D eigenvalue weighted by Gasteiger charge is -2.39. The lowest BCUT2D eigenvalue weighted by molar-refractivity contribution is -0.174. The number of rotatable bonds is 11. The molecule has 7 atom stereocenters. The lowest BCUT2D eigenvalue weighted by Crippen LogP contribution is -2.41. The summed E-state index contributed by atoms with van der Waals surface area (Å²) in [6, 6.07) is 5.54. The van der Waals surface area contributed by atoms with E-state index >= 15 is 0 Å². The van der Waals surface area contributed by atoms with Gasteiger partial charge in [-0.25, -0.2) is 0 Å². The minimum atomic E-state index is -0.554. The van der Waals surface area contributed by atoms with E-state index in [-0.39, 0.29) is 49.0 Å². The second-order valence-electron chi connectivity index (χ2n) is 10.8. The van der Waals surface area contributed by atoms with Crippen LogP contribution in [0.5, 0.6) is 0 Å². The molecule has 1 saturated carbocycles. The number of aliphatic hydroxyl groups is 3. The highest BCUT2D eigenvalue weighted by Crippen LogP contribution is 2.40. The largest absolute Gasteiger partial charge is 0.394 e. The summed E-state index contributed by atoms with van der Waals surface area (Å²) in [6.07, 6.45) is 2.68. The molecule has 4 unspecified atom stereocenters. The Morgan fingerprint density at radius 2 is 2.00 bits per heavy atom. The van der Waals surface area contributed by atoms with E-state index in [0.29, 0.717) is 31.0 Å². The topological polar surface area (TPSA) is 111 Å². The number of benzene rings is 1. The lowest BCUT2D eigenvalue weighted by atomic mass is 9.75. The van der Waals surface area contributed by atoms with E-state index in [1.54, 1.807) is 14.0 Å². The third-order valence-electron chi connectivity index (χ3n) is 7.56.